The molecule has 1 heteroatoms. The maximum absolute atomic E-state index is 2.56. The van der Waals surface area contributed by atoms with Crippen LogP contribution in [0, 0.1) is 0 Å². The van der Waals surface area contributed by atoms with Crippen molar-refractivity contribution in [3.8, 4) is 44.5 Å². The summed E-state index contributed by atoms with van der Waals surface area (Å²) in [5, 5.41) is 4.94. The van der Waals surface area contributed by atoms with Crippen LogP contribution in [0.4, 0.5) is 17.1 Å². The lowest BCUT2D eigenvalue weighted by Crippen LogP contribution is -2.28. The Balaban J connectivity index is 1.22. The van der Waals surface area contributed by atoms with Gasteiger partial charge in [-0.2, -0.15) is 0 Å². The predicted octanol–water partition coefficient (Wildman–Crippen LogP) is 16.8. The van der Waals surface area contributed by atoms with E-state index in [9.17, 15) is 0 Å². The fourth-order valence-corrected chi connectivity index (χ4v) is 10.6. The molecule has 0 atom stereocenters. The van der Waals surface area contributed by atoms with E-state index in [0.29, 0.717) is 0 Å². The molecular formula is C63H43N. The summed E-state index contributed by atoms with van der Waals surface area (Å²) in [6, 6.07) is 96.1. The van der Waals surface area contributed by atoms with Crippen LogP contribution in [0.2, 0.25) is 0 Å². The Kier molecular flexibility index (Phi) is 9.13. The Hall–Kier alpha value is -8.26. The number of fused-ring (bicyclic) bond motifs is 6. The van der Waals surface area contributed by atoms with Crippen LogP contribution >= 0.6 is 0 Å². The molecule has 0 saturated heterocycles. The molecule has 0 spiro atoms. The van der Waals surface area contributed by atoms with Gasteiger partial charge >= 0.3 is 0 Å². The summed E-state index contributed by atoms with van der Waals surface area (Å²) in [4.78, 5) is 2.56. The minimum atomic E-state index is -0.549. The van der Waals surface area contributed by atoms with E-state index < -0.39 is 5.41 Å². The number of hydrogen-bond donors (Lipinski definition) is 0. The molecule has 0 heterocycles. The van der Waals surface area contributed by atoms with Crippen molar-refractivity contribution in [3.05, 3.63) is 283 Å². The lowest BCUT2D eigenvalue weighted by molar-refractivity contribution is 0.768. The van der Waals surface area contributed by atoms with Gasteiger partial charge in [0.05, 0.1) is 16.8 Å². The molecular weight excluding hydrogens is 771 g/mol. The lowest BCUT2D eigenvalue weighted by atomic mass is 9.68. The second kappa shape index (κ2) is 15.6. The van der Waals surface area contributed by atoms with Crippen molar-refractivity contribution in [1.82, 2.24) is 0 Å². The highest BCUT2D eigenvalue weighted by molar-refractivity contribution is 6.10. The summed E-state index contributed by atoms with van der Waals surface area (Å²) >= 11 is 0. The Morgan fingerprint density at radius 1 is 0.281 bits per heavy atom. The molecule has 1 aliphatic rings. The summed E-state index contributed by atoms with van der Waals surface area (Å²) in [7, 11) is 0. The molecule has 0 aliphatic heterocycles. The first-order chi connectivity index (χ1) is 31.8. The molecule has 0 N–H and O–H groups in total. The molecule has 0 bridgehead atoms. The van der Waals surface area contributed by atoms with Crippen molar-refractivity contribution in [2.45, 2.75) is 5.41 Å². The first-order valence-electron chi connectivity index (χ1n) is 22.2. The first kappa shape index (κ1) is 37.5. The second-order valence-electron chi connectivity index (χ2n) is 16.7. The molecule has 12 rings (SSSR count). The third-order valence-corrected chi connectivity index (χ3v) is 13.3. The molecule has 0 fully saturated rings. The van der Waals surface area contributed by atoms with Crippen molar-refractivity contribution in [1.29, 1.82) is 0 Å². The molecule has 300 valence electrons. The molecule has 0 aromatic heterocycles. The molecule has 0 amide bonds. The number of benzene rings is 11. The molecule has 1 nitrogen and oxygen atoms in total. The van der Waals surface area contributed by atoms with Gasteiger partial charge in [-0.05, 0) is 101 Å². The quantitative estimate of drug-likeness (QED) is 0.138. The standard InChI is InChI=1S/C63H43N/c1-5-21-44(22-6-1)52-31-15-16-32-55(52)61-54(45-23-7-2-8-24-45)34-19-37-59(61)64(50-41-42-53-47(43-50)40-39-46-25-13-14-30-51(46)53)60-38-20-36-58-62(60)56-33-17-18-35-57(56)63(58,48-26-9-3-10-27-48)49-28-11-4-12-29-49/h1-43H. The Bertz CT molecular complexity index is 3440. The molecule has 64 heavy (non-hydrogen) atoms. The molecule has 0 radical (unpaired) electrons. The molecule has 0 unspecified atom stereocenters. The van der Waals surface area contributed by atoms with E-state index >= 15 is 0 Å². The van der Waals surface area contributed by atoms with E-state index in [0.717, 1.165) is 17.1 Å². The second-order valence-corrected chi connectivity index (χ2v) is 16.7. The molecule has 11 aromatic carbocycles. The third-order valence-electron chi connectivity index (χ3n) is 13.3. The van der Waals surface area contributed by atoms with E-state index in [4.69, 9.17) is 0 Å². The van der Waals surface area contributed by atoms with Gasteiger partial charge in [-0.15, -0.1) is 0 Å². The fourth-order valence-electron chi connectivity index (χ4n) is 10.6. The van der Waals surface area contributed by atoms with Crippen LogP contribution in [0.3, 0.4) is 0 Å². The van der Waals surface area contributed by atoms with Crippen LogP contribution in [-0.2, 0) is 5.41 Å². The normalized spacial score (nSPS) is 12.5. The highest BCUT2D eigenvalue weighted by Crippen LogP contribution is 2.60. The topological polar surface area (TPSA) is 3.24 Å². The number of nitrogens with zero attached hydrogens (tertiary/aromatic N) is 1. The highest BCUT2D eigenvalue weighted by atomic mass is 15.1. The number of rotatable bonds is 8. The molecule has 11 aromatic rings. The SMILES string of the molecule is c1ccc(-c2ccccc2-c2c(-c3ccccc3)cccc2N(c2ccc3c(ccc4ccccc43)c2)c2cccc3c2-c2ccccc2C3(c2ccccc2)c2ccccc2)cc1. The van der Waals surface area contributed by atoms with Crippen LogP contribution in [0.25, 0.3) is 66.1 Å². The van der Waals surface area contributed by atoms with Crippen LogP contribution in [-0.4, -0.2) is 0 Å². The van der Waals surface area contributed by atoms with E-state index in [2.05, 4.69) is 266 Å². The average molecular weight is 814 g/mol. The van der Waals surface area contributed by atoms with E-state index in [-0.39, 0.29) is 0 Å². The van der Waals surface area contributed by atoms with Crippen molar-refractivity contribution in [3.63, 3.8) is 0 Å². The van der Waals surface area contributed by atoms with Crippen molar-refractivity contribution in [2.24, 2.45) is 0 Å². The van der Waals surface area contributed by atoms with E-state index in [1.807, 2.05) is 0 Å². The van der Waals surface area contributed by atoms with Crippen LogP contribution in [0.1, 0.15) is 22.3 Å². The number of hydrogen-bond acceptors (Lipinski definition) is 1. The van der Waals surface area contributed by atoms with Crippen LogP contribution < -0.4 is 4.90 Å². The third kappa shape index (κ3) is 5.93. The summed E-state index contributed by atoms with van der Waals surface area (Å²) in [6.45, 7) is 0. The Morgan fingerprint density at radius 3 is 1.47 bits per heavy atom. The van der Waals surface area contributed by atoms with Gasteiger partial charge in [0, 0.05) is 16.8 Å². The zero-order chi connectivity index (χ0) is 42.5. The minimum absolute atomic E-state index is 0.549. The van der Waals surface area contributed by atoms with Gasteiger partial charge in [0.25, 0.3) is 0 Å². The lowest BCUT2D eigenvalue weighted by Gasteiger charge is -2.35. The van der Waals surface area contributed by atoms with Crippen molar-refractivity contribution < 1.29 is 0 Å². The van der Waals surface area contributed by atoms with Crippen molar-refractivity contribution in [2.75, 3.05) is 4.90 Å². The Labute approximate surface area is 374 Å². The van der Waals surface area contributed by atoms with Gasteiger partial charge in [-0.3, -0.25) is 0 Å². The van der Waals surface area contributed by atoms with Gasteiger partial charge in [0.15, 0.2) is 0 Å². The van der Waals surface area contributed by atoms with Gasteiger partial charge in [-0.1, -0.05) is 237 Å². The van der Waals surface area contributed by atoms with Crippen LogP contribution in [0.5, 0.6) is 0 Å². The van der Waals surface area contributed by atoms with Gasteiger partial charge in [-0.25, -0.2) is 0 Å². The highest BCUT2D eigenvalue weighted by Gasteiger charge is 2.47. The minimum Gasteiger partial charge on any atom is -0.309 e. The molecule has 1 aliphatic carbocycles. The van der Waals surface area contributed by atoms with Gasteiger partial charge < -0.3 is 4.90 Å². The van der Waals surface area contributed by atoms with Crippen LogP contribution in [0.15, 0.2) is 261 Å². The fraction of sp³-hybridized carbons (Fsp3) is 0.0159. The van der Waals surface area contributed by atoms with E-state index in [1.54, 1.807) is 0 Å². The first-order valence-corrected chi connectivity index (χ1v) is 22.2. The summed E-state index contributed by atoms with van der Waals surface area (Å²) in [6.07, 6.45) is 0. The van der Waals surface area contributed by atoms with Gasteiger partial charge in [0.1, 0.15) is 0 Å². The zero-order valence-corrected chi connectivity index (χ0v) is 35.3. The van der Waals surface area contributed by atoms with Crippen molar-refractivity contribution >= 4 is 38.6 Å². The summed E-state index contributed by atoms with van der Waals surface area (Å²) in [5.41, 5.74) is 17.4. The summed E-state index contributed by atoms with van der Waals surface area (Å²) in [5.74, 6) is 0. The summed E-state index contributed by atoms with van der Waals surface area (Å²) < 4.78 is 0. The van der Waals surface area contributed by atoms with Gasteiger partial charge in [0.2, 0.25) is 0 Å². The molecule has 0 saturated carbocycles. The maximum atomic E-state index is 2.56. The Morgan fingerprint density at radius 2 is 0.766 bits per heavy atom. The average Bonchev–Trinajstić information content (AvgIpc) is 3.69. The maximum Gasteiger partial charge on any atom is 0.0714 e. The smallest absolute Gasteiger partial charge is 0.0714 e. The zero-order valence-electron chi connectivity index (χ0n) is 35.3. The van der Waals surface area contributed by atoms with E-state index in [1.165, 1.54) is 88.3 Å². The predicted molar refractivity (Wildman–Crippen MR) is 270 cm³/mol. The number of anilines is 3. The largest absolute Gasteiger partial charge is 0.309 e. The monoisotopic (exact) mass is 813 g/mol.